The van der Waals surface area contributed by atoms with Gasteiger partial charge in [-0.05, 0) is 39.0 Å². The van der Waals surface area contributed by atoms with E-state index in [0.29, 0.717) is 0 Å². The minimum absolute atomic E-state index is 0.0821. The van der Waals surface area contributed by atoms with Gasteiger partial charge in [0.25, 0.3) is 0 Å². The summed E-state index contributed by atoms with van der Waals surface area (Å²) in [7, 11) is 0. The largest absolute Gasteiger partial charge is 0.459 e. The maximum Gasteiger partial charge on any atom is 0.330 e. The van der Waals surface area contributed by atoms with Gasteiger partial charge in [-0.15, -0.1) is 0 Å². The topological polar surface area (TPSA) is 26.3 Å². The van der Waals surface area contributed by atoms with E-state index in [-0.39, 0.29) is 12.1 Å². The summed E-state index contributed by atoms with van der Waals surface area (Å²) in [6.45, 7) is 10.3. The number of esters is 1. The lowest BCUT2D eigenvalue weighted by molar-refractivity contribution is -0.143. The molecule has 0 spiro atoms. The second-order valence-corrected chi connectivity index (χ2v) is 4.95. The molecule has 0 radical (unpaired) electrons. The Bertz CT molecular complexity index is 235. The highest BCUT2D eigenvalue weighted by Gasteiger charge is 2.13. The average molecular weight is 240 g/mol. The second kappa shape index (κ2) is 9.26. The molecule has 0 aliphatic heterocycles. The number of carbonyl (C=O) groups excluding carboxylic acids is 1. The van der Waals surface area contributed by atoms with Gasteiger partial charge in [0, 0.05) is 6.08 Å². The van der Waals surface area contributed by atoms with Crippen molar-refractivity contribution in [1.29, 1.82) is 0 Å². The second-order valence-electron chi connectivity index (χ2n) is 4.95. The van der Waals surface area contributed by atoms with Crippen LogP contribution in [0.15, 0.2) is 11.6 Å². The molecule has 0 saturated carbocycles. The third kappa shape index (κ3) is 8.00. The van der Waals surface area contributed by atoms with Gasteiger partial charge in [-0.3, -0.25) is 0 Å². The highest BCUT2D eigenvalue weighted by Crippen LogP contribution is 2.18. The molecule has 100 valence electrons. The quantitative estimate of drug-likeness (QED) is 0.461. The van der Waals surface area contributed by atoms with Crippen LogP contribution < -0.4 is 0 Å². The molecule has 0 amide bonds. The molecule has 1 unspecified atom stereocenters. The number of carbonyl (C=O) groups is 1. The van der Waals surface area contributed by atoms with E-state index in [4.69, 9.17) is 4.74 Å². The minimum atomic E-state index is -0.193. The van der Waals surface area contributed by atoms with Crippen LogP contribution in [0.2, 0.25) is 0 Å². The first-order chi connectivity index (χ1) is 8.03. The molecule has 0 aromatic rings. The summed E-state index contributed by atoms with van der Waals surface area (Å²) in [4.78, 5) is 11.5. The number of allylic oxidation sites excluding steroid dienone is 1. The summed E-state index contributed by atoms with van der Waals surface area (Å²) in [6.07, 6.45) is 7.14. The molecule has 2 heteroatoms. The molecule has 0 rings (SSSR count). The molecule has 0 bridgehead atoms. The van der Waals surface area contributed by atoms with Gasteiger partial charge in [-0.1, -0.05) is 39.2 Å². The van der Waals surface area contributed by atoms with Crippen molar-refractivity contribution in [2.24, 2.45) is 5.92 Å². The predicted octanol–water partition coefficient (Wildman–Crippen LogP) is 4.49. The summed E-state index contributed by atoms with van der Waals surface area (Å²) in [5, 5.41) is 0. The monoisotopic (exact) mass is 240 g/mol. The lowest BCUT2D eigenvalue weighted by atomic mass is 9.95. The summed E-state index contributed by atoms with van der Waals surface area (Å²) in [6, 6.07) is 0. The lowest BCUT2D eigenvalue weighted by Crippen LogP contribution is -2.17. The summed E-state index contributed by atoms with van der Waals surface area (Å²) in [5.74, 6) is 0.576. The fourth-order valence-electron chi connectivity index (χ4n) is 1.90. The number of hydrogen-bond donors (Lipinski definition) is 0. The Balaban J connectivity index is 4.07. The van der Waals surface area contributed by atoms with E-state index in [2.05, 4.69) is 20.8 Å². The van der Waals surface area contributed by atoms with Crippen molar-refractivity contribution in [2.45, 2.75) is 72.8 Å². The molecular formula is C15H28O2. The molecule has 1 atom stereocenters. The molecular weight excluding hydrogens is 212 g/mol. The molecule has 0 aromatic heterocycles. The molecule has 0 aliphatic carbocycles. The molecule has 0 fully saturated rings. The van der Waals surface area contributed by atoms with Crippen LogP contribution >= 0.6 is 0 Å². The lowest BCUT2D eigenvalue weighted by Gasteiger charge is -2.18. The third-order valence-electron chi connectivity index (χ3n) is 3.20. The summed E-state index contributed by atoms with van der Waals surface area (Å²) < 4.78 is 5.43. The van der Waals surface area contributed by atoms with Crippen molar-refractivity contribution in [3.05, 3.63) is 11.6 Å². The van der Waals surface area contributed by atoms with Gasteiger partial charge in [0.15, 0.2) is 0 Å². The zero-order valence-corrected chi connectivity index (χ0v) is 12.1. The normalized spacial score (nSPS) is 12.4. The molecule has 2 nitrogen and oxygen atoms in total. The number of hydrogen-bond acceptors (Lipinski definition) is 2. The number of rotatable bonds is 8. The van der Waals surface area contributed by atoms with Crippen molar-refractivity contribution in [3.63, 3.8) is 0 Å². The fourth-order valence-corrected chi connectivity index (χ4v) is 1.90. The summed E-state index contributed by atoms with van der Waals surface area (Å²) in [5.41, 5.74) is 0.991. The van der Waals surface area contributed by atoms with Crippen LogP contribution in [-0.2, 0) is 9.53 Å². The minimum Gasteiger partial charge on any atom is -0.459 e. The third-order valence-corrected chi connectivity index (χ3v) is 3.20. The van der Waals surface area contributed by atoms with Crippen LogP contribution in [0.5, 0.6) is 0 Å². The molecule has 0 heterocycles. The Hall–Kier alpha value is -0.790. The zero-order valence-electron chi connectivity index (χ0n) is 12.1. The van der Waals surface area contributed by atoms with Crippen LogP contribution in [0.25, 0.3) is 0 Å². The SMILES string of the molecule is CCC(CC)CCC(CC)OC(=O)C=C(C)C. The molecule has 0 aliphatic rings. The van der Waals surface area contributed by atoms with E-state index < -0.39 is 0 Å². The van der Waals surface area contributed by atoms with Gasteiger partial charge in [0.2, 0.25) is 0 Å². The van der Waals surface area contributed by atoms with Crippen molar-refractivity contribution >= 4 is 5.97 Å². The fraction of sp³-hybridized carbons (Fsp3) is 0.800. The van der Waals surface area contributed by atoms with Crippen LogP contribution in [0.4, 0.5) is 0 Å². The highest BCUT2D eigenvalue weighted by molar-refractivity contribution is 5.82. The Morgan fingerprint density at radius 2 is 1.65 bits per heavy atom. The average Bonchev–Trinajstić information content (AvgIpc) is 2.27. The van der Waals surface area contributed by atoms with Crippen LogP contribution in [0.3, 0.4) is 0 Å². The first kappa shape index (κ1) is 16.2. The van der Waals surface area contributed by atoms with Gasteiger partial charge >= 0.3 is 5.97 Å². The number of ether oxygens (including phenoxy) is 1. The standard InChI is InChI=1S/C15H28O2/c1-6-13(7-2)9-10-14(8-3)17-15(16)11-12(4)5/h11,13-14H,6-10H2,1-5H3. The Kier molecular flexibility index (Phi) is 8.83. The first-order valence-electron chi connectivity index (χ1n) is 6.88. The van der Waals surface area contributed by atoms with Crippen molar-refractivity contribution < 1.29 is 9.53 Å². The Labute approximate surface area is 106 Å². The van der Waals surface area contributed by atoms with Crippen LogP contribution in [0.1, 0.15) is 66.7 Å². The van der Waals surface area contributed by atoms with Crippen LogP contribution in [0, 0.1) is 5.92 Å². The van der Waals surface area contributed by atoms with Gasteiger partial charge in [0.05, 0.1) is 0 Å². The van der Waals surface area contributed by atoms with Crippen LogP contribution in [-0.4, -0.2) is 12.1 Å². The highest BCUT2D eigenvalue weighted by atomic mass is 16.5. The van der Waals surface area contributed by atoms with Gasteiger partial charge in [-0.2, -0.15) is 0 Å². The van der Waals surface area contributed by atoms with E-state index >= 15 is 0 Å². The Morgan fingerprint density at radius 1 is 1.06 bits per heavy atom. The van der Waals surface area contributed by atoms with E-state index in [9.17, 15) is 4.79 Å². The summed E-state index contributed by atoms with van der Waals surface area (Å²) >= 11 is 0. The molecule has 0 N–H and O–H groups in total. The van der Waals surface area contributed by atoms with Crippen molar-refractivity contribution in [2.75, 3.05) is 0 Å². The zero-order chi connectivity index (χ0) is 13.3. The van der Waals surface area contributed by atoms with Gasteiger partial charge < -0.3 is 4.74 Å². The van der Waals surface area contributed by atoms with Crippen molar-refractivity contribution in [1.82, 2.24) is 0 Å². The molecule has 0 saturated heterocycles. The van der Waals surface area contributed by atoms with Gasteiger partial charge in [-0.25, -0.2) is 4.79 Å². The van der Waals surface area contributed by atoms with E-state index in [1.165, 1.54) is 12.8 Å². The van der Waals surface area contributed by atoms with Crippen molar-refractivity contribution in [3.8, 4) is 0 Å². The van der Waals surface area contributed by atoms with E-state index in [1.807, 2.05) is 13.8 Å². The Morgan fingerprint density at radius 3 is 2.06 bits per heavy atom. The smallest absolute Gasteiger partial charge is 0.330 e. The molecule has 17 heavy (non-hydrogen) atoms. The van der Waals surface area contributed by atoms with E-state index in [1.54, 1.807) is 6.08 Å². The first-order valence-corrected chi connectivity index (χ1v) is 6.88. The maximum absolute atomic E-state index is 11.5. The van der Waals surface area contributed by atoms with Gasteiger partial charge in [0.1, 0.15) is 6.10 Å². The maximum atomic E-state index is 11.5. The predicted molar refractivity (Wildman–Crippen MR) is 72.9 cm³/mol. The molecule has 0 aromatic carbocycles. The van der Waals surface area contributed by atoms with E-state index in [0.717, 1.165) is 30.8 Å².